The SMILES string of the molecule is CNS(=O)(=O)CCNS(=O)(=O)c1ccn[nH]1. The summed E-state index contributed by atoms with van der Waals surface area (Å²) < 4.78 is 49.2. The number of aromatic nitrogens is 2. The molecule has 1 heterocycles. The van der Waals surface area contributed by atoms with Gasteiger partial charge in [-0.3, -0.25) is 5.10 Å². The van der Waals surface area contributed by atoms with E-state index < -0.39 is 20.0 Å². The van der Waals surface area contributed by atoms with Gasteiger partial charge in [-0.05, 0) is 13.1 Å². The third-order valence-corrected chi connectivity index (χ3v) is 4.49. The molecule has 0 bridgehead atoms. The second kappa shape index (κ2) is 4.91. The zero-order valence-electron chi connectivity index (χ0n) is 8.47. The van der Waals surface area contributed by atoms with E-state index in [1.807, 2.05) is 0 Å². The highest BCUT2D eigenvalue weighted by Crippen LogP contribution is 2.01. The minimum absolute atomic E-state index is 0.102. The molecule has 0 radical (unpaired) electrons. The van der Waals surface area contributed by atoms with Gasteiger partial charge in [0.1, 0.15) is 0 Å². The van der Waals surface area contributed by atoms with E-state index >= 15 is 0 Å². The number of hydrogen-bond acceptors (Lipinski definition) is 5. The van der Waals surface area contributed by atoms with Gasteiger partial charge >= 0.3 is 0 Å². The van der Waals surface area contributed by atoms with Crippen LogP contribution in [0, 0.1) is 0 Å². The van der Waals surface area contributed by atoms with E-state index in [9.17, 15) is 16.8 Å². The molecule has 1 aromatic heterocycles. The highest BCUT2D eigenvalue weighted by molar-refractivity contribution is 7.90. The highest BCUT2D eigenvalue weighted by atomic mass is 32.2. The summed E-state index contributed by atoms with van der Waals surface area (Å²) >= 11 is 0. The van der Waals surface area contributed by atoms with Crippen LogP contribution in [0.3, 0.4) is 0 Å². The first kappa shape index (κ1) is 13.1. The first-order valence-electron chi connectivity index (χ1n) is 4.28. The van der Waals surface area contributed by atoms with E-state index in [1.165, 1.54) is 19.3 Å². The fourth-order valence-electron chi connectivity index (χ4n) is 0.883. The minimum atomic E-state index is -3.71. The van der Waals surface area contributed by atoms with Crippen molar-refractivity contribution in [3.63, 3.8) is 0 Å². The minimum Gasteiger partial charge on any atom is -0.266 e. The van der Waals surface area contributed by atoms with Crippen molar-refractivity contribution in [2.45, 2.75) is 5.03 Å². The van der Waals surface area contributed by atoms with Gasteiger partial charge < -0.3 is 0 Å². The highest BCUT2D eigenvalue weighted by Gasteiger charge is 2.16. The van der Waals surface area contributed by atoms with Crippen LogP contribution < -0.4 is 9.44 Å². The predicted octanol–water partition coefficient (Wildman–Crippen LogP) is -1.76. The molecule has 92 valence electrons. The molecule has 0 aliphatic rings. The van der Waals surface area contributed by atoms with Crippen LogP contribution in [0.5, 0.6) is 0 Å². The Hall–Kier alpha value is -0.970. The molecular weight excluding hydrogens is 256 g/mol. The number of hydrogen-bond donors (Lipinski definition) is 3. The molecule has 10 heteroatoms. The van der Waals surface area contributed by atoms with Gasteiger partial charge in [0.05, 0.1) is 11.9 Å². The van der Waals surface area contributed by atoms with Gasteiger partial charge in [0.25, 0.3) is 10.0 Å². The molecule has 0 unspecified atom stereocenters. The second-order valence-electron chi connectivity index (χ2n) is 2.84. The van der Waals surface area contributed by atoms with E-state index in [0.29, 0.717) is 0 Å². The molecule has 0 aliphatic carbocycles. The molecule has 8 nitrogen and oxygen atoms in total. The van der Waals surface area contributed by atoms with Gasteiger partial charge in [-0.2, -0.15) is 5.10 Å². The average Bonchev–Trinajstić information content (AvgIpc) is 2.70. The molecule has 0 fully saturated rings. The van der Waals surface area contributed by atoms with Crippen molar-refractivity contribution < 1.29 is 16.8 Å². The van der Waals surface area contributed by atoms with Gasteiger partial charge in [0.15, 0.2) is 5.03 Å². The molecule has 1 aromatic rings. The molecule has 0 saturated heterocycles. The number of nitrogens with one attached hydrogen (secondary N) is 3. The molecular formula is C6H12N4O4S2. The van der Waals surface area contributed by atoms with E-state index in [1.54, 1.807) is 0 Å². The van der Waals surface area contributed by atoms with Crippen molar-refractivity contribution in [1.82, 2.24) is 19.6 Å². The summed E-state index contributed by atoms with van der Waals surface area (Å²) in [4.78, 5) is 0. The Balaban J connectivity index is 2.57. The molecule has 3 N–H and O–H groups in total. The average molecular weight is 268 g/mol. The largest absolute Gasteiger partial charge is 0.266 e. The van der Waals surface area contributed by atoms with Crippen molar-refractivity contribution in [3.8, 4) is 0 Å². The molecule has 0 atom stereocenters. The number of sulfonamides is 2. The van der Waals surface area contributed by atoms with Crippen molar-refractivity contribution in [2.24, 2.45) is 0 Å². The van der Waals surface area contributed by atoms with Gasteiger partial charge in [-0.1, -0.05) is 0 Å². The third kappa shape index (κ3) is 3.56. The molecule has 0 saturated carbocycles. The Morgan fingerprint density at radius 1 is 1.38 bits per heavy atom. The summed E-state index contributed by atoms with van der Waals surface area (Å²) in [6.07, 6.45) is 1.29. The van der Waals surface area contributed by atoms with Gasteiger partial charge in [0.2, 0.25) is 10.0 Å². The van der Waals surface area contributed by atoms with E-state index in [2.05, 4.69) is 19.6 Å². The fraction of sp³-hybridized carbons (Fsp3) is 0.500. The summed E-state index contributed by atoms with van der Waals surface area (Å²) in [7, 11) is -5.86. The van der Waals surface area contributed by atoms with Crippen LogP contribution in [0.1, 0.15) is 0 Å². The summed E-state index contributed by atoms with van der Waals surface area (Å²) in [5.74, 6) is -0.323. The molecule has 16 heavy (non-hydrogen) atoms. The number of rotatable bonds is 6. The predicted molar refractivity (Wildman–Crippen MR) is 56.6 cm³/mol. The van der Waals surface area contributed by atoms with Crippen molar-refractivity contribution in [3.05, 3.63) is 12.3 Å². The Morgan fingerprint density at radius 2 is 2.06 bits per heavy atom. The molecule has 1 rings (SSSR count). The topological polar surface area (TPSA) is 121 Å². The first-order valence-corrected chi connectivity index (χ1v) is 7.41. The maximum atomic E-state index is 11.5. The van der Waals surface area contributed by atoms with Gasteiger partial charge in [-0.25, -0.2) is 26.3 Å². The maximum absolute atomic E-state index is 11.5. The molecule has 0 spiro atoms. The van der Waals surface area contributed by atoms with Crippen LogP contribution in [-0.4, -0.2) is 46.4 Å². The normalized spacial score (nSPS) is 12.8. The maximum Gasteiger partial charge on any atom is 0.257 e. The lowest BCUT2D eigenvalue weighted by Gasteiger charge is -2.04. The van der Waals surface area contributed by atoms with Crippen molar-refractivity contribution >= 4 is 20.0 Å². The fourth-order valence-corrected chi connectivity index (χ4v) is 2.53. The van der Waals surface area contributed by atoms with Gasteiger partial charge in [0, 0.05) is 6.54 Å². The summed E-state index contributed by atoms with van der Waals surface area (Å²) in [6.45, 7) is -0.204. The smallest absolute Gasteiger partial charge is 0.257 e. The zero-order chi connectivity index (χ0) is 12.2. The van der Waals surface area contributed by atoms with Crippen molar-refractivity contribution in [1.29, 1.82) is 0 Å². The Bertz CT molecular complexity index is 519. The number of nitrogens with zero attached hydrogens (tertiary/aromatic N) is 1. The molecule has 0 amide bonds. The number of aromatic amines is 1. The van der Waals surface area contributed by atoms with E-state index in [0.717, 1.165) is 0 Å². The molecule has 0 aliphatic heterocycles. The van der Waals surface area contributed by atoms with Crippen LogP contribution in [-0.2, 0) is 20.0 Å². The van der Waals surface area contributed by atoms with Gasteiger partial charge in [-0.15, -0.1) is 0 Å². The quantitative estimate of drug-likeness (QED) is 0.564. The van der Waals surface area contributed by atoms with Crippen LogP contribution in [0.4, 0.5) is 0 Å². The van der Waals surface area contributed by atoms with E-state index in [4.69, 9.17) is 0 Å². The first-order chi connectivity index (χ1) is 7.37. The van der Waals surface area contributed by atoms with Crippen LogP contribution in [0.25, 0.3) is 0 Å². The Morgan fingerprint density at radius 3 is 2.56 bits per heavy atom. The Kier molecular flexibility index (Phi) is 4.02. The standard InChI is InChI=1S/C6H12N4O4S2/c1-7-15(11,12)5-4-9-16(13,14)6-2-3-8-10-6/h2-3,7,9H,4-5H2,1H3,(H,8,10). The van der Waals surface area contributed by atoms with Crippen LogP contribution in [0.2, 0.25) is 0 Å². The summed E-state index contributed by atoms with van der Waals surface area (Å²) in [6, 6.07) is 1.27. The summed E-state index contributed by atoms with van der Waals surface area (Å²) in [5, 5.41) is 5.66. The number of H-pyrrole nitrogens is 1. The zero-order valence-corrected chi connectivity index (χ0v) is 10.1. The van der Waals surface area contributed by atoms with E-state index in [-0.39, 0.29) is 17.3 Å². The lowest BCUT2D eigenvalue weighted by Crippen LogP contribution is -2.33. The van der Waals surface area contributed by atoms with Crippen molar-refractivity contribution in [2.75, 3.05) is 19.3 Å². The lowest BCUT2D eigenvalue weighted by molar-refractivity contribution is 0.575. The Labute approximate surface area is 93.5 Å². The summed E-state index contributed by atoms with van der Waals surface area (Å²) in [5.41, 5.74) is 0. The second-order valence-corrected chi connectivity index (χ2v) is 6.62. The van der Waals surface area contributed by atoms with Crippen LogP contribution >= 0.6 is 0 Å². The monoisotopic (exact) mass is 268 g/mol. The lowest BCUT2D eigenvalue weighted by atomic mass is 10.8. The van der Waals surface area contributed by atoms with Crippen LogP contribution in [0.15, 0.2) is 17.3 Å². The third-order valence-electron chi connectivity index (χ3n) is 1.74. The molecule has 0 aromatic carbocycles.